The molecule has 1 rings (SSSR count). The number of nitrogens with zero attached hydrogens (tertiary/aromatic N) is 1. The Hall–Kier alpha value is -1.10. The lowest BCUT2D eigenvalue weighted by molar-refractivity contribution is -0.155. The summed E-state index contributed by atoms with van der Waals surface area (Å²) in [4.78, 5) is 26.5. The smallest absolute Gasteiger partial charge is 0.246 e. The molecule has 2 amide bonds. The monoisotopic (exact) mass is 284 g/mol. The van der Waals surface area contributed by atoms with Crippen molar-refractivity contribution in [1.82, 2.24) is 10.2 Å². The molecule has 0 aliphatic carbocycles. The summed E-state index contributed by atoms with van der Waals surface area (Å²) in [6, 6.07) is -0.819. The van der Waals surface area contributed by atoms with Gasteiger partial charge in [-0.15, -0.1) is 0 Å². The molecule has 0 radical (unpaired) electrons. The van der Waals surface area contributed by atoms with Gasteiger partial charge < -0.3 is 15.0 Å². The van der Waals surface area contributed by atoms with E-state index in [1.807, 2.05) is 41.5 Å². The maximum Gasteiger partial charge on any atom is 0.246 e. The maximum atomic E-state index is 12.6. The minimum absolute atomic E-state index is 0.000715. The molecule has 1 fully saturated rings. The van der Waals surface area contributed by atoms with Gasteiger partial charge >= 0.3 is 0 Å². The van der Waals surface area contributed by atoms with Crippen LogP contribution in [0.25, 0.3) is 0 Å². The second-order valence-electron chi connectivity index (χ2n) is 6.31. The molecule has 0 bridgehead atoms. The lowest BCUT2D eigenvalue weighted by Gasteiger charge is -2.43. The predicted octanol–water partition coefficient (Wildman–Crippen LogP) is 1.56. The Kier molecular flexibility index (Phi) is 5.57. The summed E-state index contributed by atoms with van der Waals surface area (Å²) in [5, 5.41) is 2.84. The topological polar surface area (TPSA) is 58.6 Å². The Morgan fingerprint density at radius 3 is 2.35 bits per heavy atom. The molecule has 2 unspecified atom stereocenters. The minimum Gasteiger partial charge on any atom is -0.374 e. The molecule has 0 spiro atoms. The van der Waals surface area contributed by atoms with Gasteiger partial charge in [-0.05, 0) is 33.1 Å². The summed E-state index contributed by atoms with van der Waals surface area (Å²) in [6.07, 6.45) is 0.616. The third-order valence-electron chi connectivity index (χ3n) is 3.67. The highest BCUT2D eigenvalue weighted by Gasteiger charge is 2.42. The summed E-state index contributed by atoms with van der Waals surface area (Å²) in [7, 11) is 0. The van der Waals surface area contributed by atoms with Crippen molar-refractivity contribution in [3.8, 4) is 0 Å². The summed E-state index contributed by atoms with van der Waals surface area (Å²) in [6.45, 7) is 12.7. The normalized spacial score (nSPS) is 24.2. The molecule has 0 aromatic heterocycles. The Morgan fingerprint density at radius 2 is 1.90 bits per heavy atom. The van der Waals surface area contributed by atoms with Crippen molar-refractivity contribution in [2.75, 3.05) is 13.2 Å². The van der Waals surface area contributed by atoms with Crippen LogP contribution in [0, 0.1) is 5.92 Å². The third kappa shape index (κ3) is 3.72. The van der Waals surface area contributed by atoms with Crippen LogP contribution in [0.3, 0.4) is 0 Å². The highest BCUT2D eigenvalue weighted by Crippen LogP contribution is 2.21. The van der Waals surface area contributed by atoms with Gasteiger partial charge in [0.2, 0.25) is 11.8 Å². The number of carbonyl (C=O) groups excluding carboxylic acids is 2. The highest BCUT2D eigenvalue weighted by atomic mass is 16.5. The van der Waals surface area contributed by atoms with Crippen LogP contribution in [0.4, 0.5) is 0 Å². The van der Waals surface area contributed by atoms with Gasteiger partial charge in [0.05, 0.1) is 12.1 Å². The molecule has 5 heteroatoms. The fraction of sp³-hybridized carbons (Fsp3) is 0.867. The number of piperazine rings is 1. The zero-order chi connectivity index (χ0) is 15.5. The van der Waals surface area contributed by atoms with Gasteiger partial charge in [-0.3, -0.25) is 9.59 Å². The summed E-state index contributed by atoms with van der Waals surface area (Å²) >= 11 is 0. The van der Waals surface area contributed by atoms with Crippen molar-refractivity contribution in [3.63, 3.8) is 0 Å². The fourth-order valence-electron chi connectivity index (χ4n) is 2.68. The van der Waals surface area contributed by atoms with Crippen molar-refractivity contribution in [1.29, 1.82) is 0 Å². The van der Waals surface area contributed by atoms with Crippen LogP contribution < -0.4 is 5.32 Å². The molecule has 0 aromatic rings. The number of amides is 2. The van der Waals surface area contributed by atoms with Crippen LogP contribution in [-0.4, -0.2) is 47.6 Å². The average Bonchev–Trinajstić information content (AvgIpc) is 2.33. The number of nitrogens with one attached hydrogen (secondary N) is 1. The molecular weight excluding hydrogens is 256 g/mol. The third-order valence-corrected chi connectivity index (χ3v) is 3.67. The number of carbonyl (C=O) groups is 2. The van der Waals surface area contributed by atoms with E-state index in [4.69, 9.17) is 4.74 Å². The van der Waals surface area contributed by atoms with Gasteiger partial charge in [0.15, 0.2) is 0 Å². The average molecular weight is 284 g/mol. The van der Waals surface area contributed by atoms with E-state index in [-0.39, 0.29) is 17.7 Å². The molecule has 5 nitrogen and oxygen atoms in total. The van der Waals surface area contributed by atoms with Gasteiger partial charge in [-0.2, -0.15) is 0 Å². The fourth-order valence-corrected chi connectivity index (χ4v) is 2.68. The Bertz CT molecular complexity index is 366. The van der Waals surface area contributed by atoms with Gasteiger partial charge in [-0.25, -0.2) is 0 Å². The minimum atomic E-state index is -0.447. The second-order valence-corrected chi connectivity index (χ2v) is 6.31. The van der Waals surface area contributed by atoms with Crippen molar-refractivity contribution in [3.05, 3.63) is 0 Å². The predicted molar refractivity (Wildman–Crippen MR) is 78.3 cm³/mol. The van der Waals surface area contributed by atoms with Crippen molar-refractivity contribution in [2.45, 2.75) is 65.6 Å². The molecular formula is C15H28N2O3. The summed E-state index contributed by atoms with van der Waals surface area (Å²) in [5.41, 5.74) is -0.447. The van der Waals surface area contributed by atoms with E-state index in [0.717, 1.165) is 0 Å². The van der Waals surface area contributed by atoms with Crippen LogP contribution in [-0.2, 0) is 14.3 Å². The van der Waals surface area contributed by atoms with Gasteiger partial charge in [-0.1, -0.05) is 20.8 Å². The number of hydrogen-bond donors (Lipinski definition) is 1. The van der Waals surface area contributed by atoms with Crippen LogP contribution in [0.1, 0.15) is 48.0 Å². The van der Waals surface area contributed by atoms with E-state index in [2.05, 4.69) is 5.32 Å². The van der Waals surface area contributed by atoms with Crippen molar-refractivity contribution < 1.29 is 14.3 Å². The largest absolute Gasteiger partial charge is 0.374 e. The number of hydrogen-bond acceptors (Lipinski definition) is 3. The van der Waals surface area contributed by atoms with E-state index >= 15 is 0 Å². The molecule has 1 aliphatic rings. The first-order chi connectivity index (χ1) is 9.23. The van der Waals surface area contributed by atoms with E-state index in [1.165, 1.54) is 0 Å². The second kappa shape index (κ2) is 6.57. The van der Waals surface area contributed by atoms with Crippen molar-refractivity contribution >= 4 is 11.8 Å². The first-order valence-corrected chi connectivity index (χ1v) is 7.48. The molecule has 2 atom stereocenters. The van der Waals surface area contributed by atoms with Crippen LogP contribution in [0.15, 0.2) is 0 Å². The Labute approximate surface area is 122 Å². The first-order valence-electron chi connectivity index (χ1n) is 7.48. The van der Waals surface area contributed by atoms with Crippen molar-refractivity contribution in [2.24, 2.45) is 5.92 Å². The first kappa shape index (κ1) is 17.0. The maximum absolute atomic E-state index is 12.6. The van der Waals surface area contributed by atoms with Gasteiger partial charge in [0, 0.05) is 6.61 Å². The zero-order valence-electron chi connectivity index (χ0n) is 13.5. The van der Waals surface area contributed by atoms with E-state index in [0.29, 0.717) is 19.6 Å². The summed E-state index contributed by atoms with van der Waals surface area (Å²) < 4.78 is 5.68. The van der Waals surface area contributed by atoms with Crippen LogP contribution >= 0.6 is 0 Å². The quantitative estimate of drug-likeness (QED) is 0.805. The standard InChI is InChI=1S/C15H28N2O3/c1-7-11-13(18)16-12(10(3)4)14(19)17(11)9-15(5,6)20-8-2/h10-12H,7-9H2,1-6H3,(H,16,18). The van der Waals surface area contributed by atoms with Gasteiger partial charge in [0.1, 0.15) is 12.1 Å². The highest BCUT2D eigenvalue weighted by molar-refractivity contribution is 5.97. The molecule has 1 heterocycles. The summed E-state index contributed by atoms with van der Waals surface area (Å²) in [5.74, 6) is 0.0271. The van der Waals surface area contributed by atoms with E-state index in [1.54, 1.807) is 4.90 Å². The molecule has 20 heavy (non-hydrogen) atoms. The lowest BCUT2D eigenvalue weighted by atomic mass is 9.95. The zero-order valence-corrected chi connectivity index (χ0v) is 13.5. The number of ether oxygens (including phenoxy) is 1. The molecule has 0 saturated carbocycles. The molecule has 116 valence electrons. The Morgan fingerprint density at radius 1 is 1.30 bits per heavy atom. The molecule has 1 aliphatic heterocycles. The van der Waals surface area contributed by atoms with E-state index < -0.39 is 17.7 Å². The molecule has 1 saturated heterocycles. The number of rotatable bonds is 6. The molecule has 0 aromatic carbocycles. The van der Waals surface area contributed by atoms with Gasteiger partial charge in [0.25, 0.3) is 0 Å². The lowest BCUT2D eigenvalue weighted by Crippen LogP contribution is -2.66. The van der Waals surface area contributed by atoms with E-state index in [9.17, 15) is 9.59 Å². The van der Waals surface area contributed by atoms with Crippen LogP contribution in [0.5, 0.6) is 0 Å². The SMILES string of the molecule is CCOC(C)(C)CN1C(=O)C(C(C)C)NC(=O)C1CC. The van der Waals surface area contributed by atoms with Crippen LogP contribution in [0.2, 0.25) is 0 Å². The Balaban J connectivity index is 2.97. The molecule has 1 N–H and O–H groups in total.